The number of rotatable bonds is 5. The molecule has 0 unspecified atom stereocenters. The number of piperidine rings is 1. The fourth-order valence-electron chi connectivity index (χ4n) is 3.64. The van der Waals surface area contributed by atoms with Crippen LogP contribution in [0.5, 0.6) is 0 Å². The fourth-order valence-corrected chi connectivity index (χ4v) is 3.64. The van der Waals surface area contributed by atoms with E-state index in [0.717, 1.165) is 12.8 Å². The molecule has 2 heterocycles. The summed E-state index contributed by atoms with van der Waals surface area (Å²) in [5.41, 5.74) is 0.864. The highest BCUT2D eigenvalue weighted by Crippen LogP contribution is 2.30. The van der Waals surface area contributed by atoms with Crippen LogP contribution in [-0.4, -0.2) is 56.2 Å². The van der Waals surface area contributed by atoms with Crippen molar-refractivity contribution in [1.82, 2.24) is 10.6 Å². The minimum Gasteiger partial charge on any atom is -0.447 e. The van der Waals surface area contributed by atoms with Gasteiger partial charge in [0.1, 0.15) is 12.4 Å². The first-order valence-electron chi connectivity index (χ1n) is 9.37. The summed E-state index contributed by atoms with van der Waals surface area (Å²) in [6, 6.07) is 4.40. The summed E-state index contributed by atoms with van der Waals surface area (Å²) in [6.07, 6.45) is 0.939. The monoisotopic (exact) mass is 392 g/mol. The van der Waals surface area contributed by atoms with Gasteiger partial charge < -0.3 is 20.3 Å². The molecule has 28 heavy (non-hydrogen) atoms. The molecule has 0 radical (unpaired) electrons. The van der Waals surface area contributed by atoms with Crippen molar-refractivity contribution in [3.05, 3.63) is 24.0 Å². The lowest BCUT2D eigenvalue weighted by molar-refractivity contribution is -0.120. The van der Waals surface area contributed by atoms with E-state index in [0.29, 0.717) is 24.5 Å². The number of hydrogen-bond acceptors (Lipinski definition) is 5. The lowest BCUT2D eigenvalue weighted by Gasteiger charge is -2.34. The van der Waals surface area contributed by atoms with Crippen LogP contribution in [0.1, 0.15) is 26.7 Å². The number of ether oxygens (including phenoxy) is 1. The number of anilines is 2. The first-order chi connectivity index (χ1) is 13.3. The Labute approximate surface area is 163 Å². The maximum absolute atomic E-state index is 14.8. The van der Waals surface area contributed by atoms with Crippen LogP contribution in [0.2, 0.25) is 0 Å². The molecule has 8 nitrogen and oxygen atoms in total. The Hall–Kier alpha value is -2.84. The van der Waals surface area contributed by atoms with Crippen molar-refractivity contribution in [3.8, 4) is 0 Å². The molecule has 2 N–H and O–H groups in total. The molecule has 0 aromatic heterocycles. The normalized spacial score (nSPS) is 20.1. The van der Waals surface area contributed by atoms with Crippen molar-refractivity contribution < 1.29 is 23.5 Å². The Kier molecular flexibility index (Phi) is 6.01. The van der Waals surface area contributed by atoms with E-state index in [2.05, 4.69) is 10.6 Å². The Balaban J connectivity index is 1.69. The van der Waals surface area contributed by atoms with Crippen molar-refractivity contribution in [2.45, 2.75) is 38.8 Å². The van der Waals surface area contributed by atoms with Crippen LogP contribution in [0.3, 0.4) is 0 Å². The number of carbonyl (C=O) groups excluding carboxylic acids is 3. The minimum atomic E-state index is -0.557. The van der Waals surface area contributed by atoms with Gasteiger partial charge in [0.25, 0.3) is 0 Å². The second-order valence-electron chi connectivity index (χ2n) is 7.14. The molecule has 1 atom stereocenters. The number of carbonyl (C=O) groups is 3. The summed E-state index contributed by atoms with van der Waals surface area (Å²) in [5, 5.41) is 5.56. The molecule has 9 heteroatoms. The molecular formula is C19H25FN4O4. The SMILES string of the molecule is CC(=O)NC[C@H]1COC(=O)N1c1ccc(N2CCC(NC(C)=O)CC2)c(F)c1. The molecule has 0 aliphatic carbocycles. The van der Waals surface area contributed by atoms with E-state index >= 15 is 0 Å². The van der Waals surface area contributed by atoms with Crippen LogP contribution in [0.15, 0.2) is 18.2 Å². The number of nitrogens with zero attached hydrogens (tertiary/aromatic N) is 2. The van der Waals surface area contributed by atoms with Crippen molar-refractivity contribution >= 4 is 29.3 Å². The summed E-state index contributed by atoms with van der Waals surface area (Å²) < 4.78 is 19.9. The highest BCUT2D eigenvalue weighted by atomic mass is 19.1. The Morgan fingerprint density at radius 1 is 1.21 bits per heavy atom. The topological polar surface area (TPSA) is 91.0 Å². The Morgan fingerprint density at radius 2 is 1.93 bits per heavy atom. The molecule has 3 amide bonds. The van der Waals surface area contributed by atoms with Crippen molar-refractivity contribution in [1.29, 1.82) is 0 Å². The van der Waals surface area contributed by atoms with Gasteiger partial charge in [-0.3, -0.25) is 14.5 Å². The molecule has 2 saturated heterocycles. The summed E-state index contributed by atoms with van der Waals surface area (Å²) in [6.45, 7) is 4.54. The van der Waals surface area contributed by atoms with Gasteiger partial charge in [0.15, 0.2) is 0 Å². The van der Waals surface area contributed by atoms with E-state index in [9.17, 15) is 18.8 Å². The maximum Gasteiger partial charge on any atom is 0.414 e. The summed E-state index contributed by atoms with van der Waals surface area (Å²) in [4.78, 5) is 37.7. The molecule has 1 aromatic carbocycles. The molecule has 1 aromatic rings. The van der Waals surface area contributed by atoms with Gasteiger partial charge in [0, 0.05) is 39.5 Å². The average Bonchev–Trinajstić information content (AvgIpc) is 3.01. The van der Waals surface area contributed by atoms with E-state index in [1.165, 1.54) is 24.8 Å². The second-order valence-corrected chi connectivity index (χ2v) is 7.14. The third-order valence-electron chi connectivity index (χ3n) is 5.00. The van der Waals surface area contributed by atoms with Gasteiger partial charge in [-0.05, 0) is 31.0 Å². The molecule has 0 saturated carbocycles. The Morgan fingerprint density at radius 3 is 2.54 bits per heavy atom. The zero-order valence-corrected chi connectivity index (χ0v) is 16.0. The van der Waals surface area contributed by atoms with Gasteiger partial charge in [0.05, 0.1) is 17.4 Å². The van der Waals surface area contributed by atoms with Gasteiger partial charge in [-0.25, -0.2) is 9.18 Å². The first kappa shape index (κ1) is 19.9. The quantitative estimate of drug-likeness (QED) is 0.790. The van der Waals surface area contributed by atoms with Crippen molar-refractivity contribution in [2.75, 3.05) is 36.0 Å². The standard InChI is InChI=1S/C19H25FN4O4/c1-12(25)21-10-16-11-28-19(27)24(16)15-3-4-18(17(20)9-15)23-7-5-14(6-8-23)22-13(2)26/h3-4,9,14,16H,5-8,10-11H2,1-2H3,(H,21,25)(H,22,26)/t16-/m0/s1. The highest BCUT2D eigenvalue weighted by molar-refractivity contribution is 5.90. The largest absolute Gasteiger partial charge is 0.447 e. The van der Waals surface area contributed by atoms with Gasteiger partial charge in [-0.2, -0.15) is 0 Å². The predicted octanol–water partition coefficient (Wildman–Crippen LogP) is 1.39. The third-order valence-corrected chi connectivity index (χ3v) is 5.00. The molecule has 2 fully saturated rings. The van der Waals surface area contributed by atoms with Crippen LogP contribution in [0.4, 0.5) is 20.6 Å². The zero-order valence-electron chi connectivity index (χ0n) is 16.0. The van der Waals surface area contributed by atoms with Crippen LogP contribution in [-0.2, 0) is 14.3 Å². The van der Waals surface area contributed by atoms with Gasteiger partial charge >= 0.3 is 6.09 Å². The highest BCUT2D eigenvalue weighted by Gasteiger charge is 2.35. The number of nitrogens with one attached hydrogen (secondary N) is 2. The van der Waals surface area contributed by atoms with Crippen LogP contribution in [0.25, 0.3) is 0 Å². The number of cyclic esters (lactones) is 1. The number of benzene rings is 1. The first-order valence-corrected chi connectivity index (χ1v) is 9.37. The van der Waals surface area contributed by atoms with Gasteiger partial charge in [-0.15, -0.1) is 0 Å². The summed E-state index contributed by atoms with van der Waals surface area (Å²) in [7, 11) is 0. The molecule has 0 bridgehead atoms. The molecule has 2 aliphatic heterocycles. The van der Waals surface area contributed by atoms with E-state index in [1.54, 1.807) is 12.1 Å². The zero-order chi connectivity index (χ0) is 20.3. The van der Waals surface area contributed by atoms with Crippen molar-refractivity contribution in [3.63, 3.8) is 0 Å². The molecule has 152 valence electrons. The smallest absolute Gasteiger partial charge is 0.414 e. The van der Waals surface area contributed by atoms with Crippen molar-refractivity contribution in [2.24, 2.45) is 0 Å². The summed E-state index contributed by atoms with van der Waals surface area (Å²) >= 11 is 0. The lowest BCUT2D eigenvalue weighted by atomic mass is 10.0. The fraction of sp³-hybridized carbons (Fsp3) is 0.526. The number of hydrogen-bond donors (Lipinski definition) is 2. The third kappa shape index (κ3) is 4.52. The molecule has 0 spiro atoms. The minimum absolute atomic E-state index is 0.0553. The van der Waals surface area contributed by atoms with Crippen LogP contribution >= 0.6 is 0 Å². The van der Waals surface area contributed by atoms with Crippen LogP contribution in [0, 0.1) is 5.82 Å². The Bertz CT molecular complexity index is 764. The number of amides is 3. The van der Waals surface area contributed by atoms with E-state index in [-0.39, 0.29) is 37.0 Å². The predicted molar refractivity (Wildman–Crippen MR) is 102 cm³/mol. The van der Waals surface area contributed by atoms with E-state index in [1.807, 2.05) is 4.90 Å². The molecule has 2 aliphatic rings. The van der Waals surface area contributed by atoms with Crippen LogP contribution < -0.4 is 20.4 Å². The molecular weight excluding hydrogens is 367 g/mol. The van der Waals surface area contributed by atoms with E-state index < -0.39 is 11.9 Å². The average molecular weight is 392 g/mol. The number of halogens is 1. The van der Waals surface area contributed by atoms with Gasteiger partial charge in [-0.1, -0.05) is 0 Å². The second kappa shape index (κ2) is 8.45. The van der Waals surface area contributed by atoms with E-state index in [4.69, 9.17) is 4.74 Å². The molecule has 3 rings (SSSR count). The lowest BCUT2D eigenvalue weighted by Crippen LogP contribution is -2.44. The summed E-state index contributed by atoms with van der Waals surface area (Å²) in [5.74, 6) is -0.683. The van der Waals surface area contributed by atoms with Gasteiger partial charge in [0.2, 0.25) is 11.8 Å². The maximum atomic E-state index is 14.8.